The van der Waals surface area contributed by atoms with Crippen molar-refractivity contribution in [3.63, 3.8) is 0 Å². The van der Waals surface area contributed by atoms with Crippen molar-refractivity contribution in [1.29, 1.82) is 0 Å². The molecule has 1 N–H and O–H groups in total. The predicted molar refractivity (Wildman–Crippen MR) is 73.1 cm³/mol. The molecule has 17 heavy (non-hydrogen) atoms. The average Bonchev–Trinajstić information content (AvgIpc) is 2.55. The number of anilines is 1. The molecule has 1 aromatic carbocycles. The predicted octanol–water partition coefficient (Wildman–Crippen LogP) is 2.38. The molecule has 0 radical (unpaired) electrons. The minimum Gasteiger partial charge on any atom is -0.350 e. The Labute approximate surface area is 107 Å². The summed E-state index contributed by atoms with van der Waals surface area (Å²) in [6.07, 6.45) is 1.79. The standard InChI is InChI=1S/C13H16N2OS/c1-3-5-11-12(16)15(13(17)14-11)10-7-4-6-9(2)8-10/h4,6-8,11H,3,5H2,1-2H3,(H,14,17). The Morgan fingerprint density at radius 2 is 2.24 bits per heavy atom. The Balaban J connectivity index is 2.27. The van der Waals surface area contributed by atoms with Gasteiger partial charge in [0.2, 0.25) is 0 Å². The highest BCUT2D eigenvalue weighted by Gasteiger charge is 2.35. The van der Waals surface area contributed by atoms with Crippen LogP contribution in [-0.4, -0.2) is 17.1 Å². The number of amides is 1. The highest BCUT2D eigenvalue weighted by molar-refractivity contribution is 7.80. The van der Waals surface area contributed by atoms with Crippen molar-refractivity contribution in [1.82, 2.24) is 5.32 Å². The van der Waals surface area contributed by atoms with Crippen LogP contribution < -0.4 is 10.2 Å². The molecule has 1 heterocycles. The average molecular weight is 248 g/mol. The Morgan fingerprint density at radius 1 is 1.47 bits per heavy atom. The minimum absolute atomic E-state index is 0.0578. The van der Waals surface area contributed by atoms with Gasteiger partial charge in [-0.3, -0.25) is 9.69 Å². The van der Waals surface area contributed by atoms with E-state index in [0.717, 1.165) is 24.1 Å². The van der Waals surface area contributed by atoms with Crippen LogP contribution in [0.2, 0.25) is 0 Å². The summed E-state index contributed by atoms with van der Waals surface area (Å²) >= 11 is 5.23. The number of aryl methyl sites for hydroxylation is 1. The second kappa shape index (κ2) is 4.84. The molecule has 0 aliphatic carbocycles. The first kappa shape index (κ1) is 12.0. The van der Waals surface area contributed by atoms with Gasteiger partial charge in [0.25, 0.3) is 5.91 Å². The van der Waals surface area contributed by atoms with E-state index in [1.165, 1.54) is 0 Å². The molecule has 1 atom stereocenters. The molecule has 1 fully saturated rings. The van der Waals surface area contributed by atoms with Gasteiger partial charge in [-0.2, -0.15) is 0 Å². The SMILES string of the molecule is CCCC1NC(=S)N(c2cccc(C)c2)C1=O. The maximum atomic E-state index is 12.2. The number of nitrogens with one attached hydrogen (secondary N) is 1. The highest BCUT2D eigenvalue weighted by Crippen LogP contribution is 2.22. The largest absolute Gasteiger partial charge is 0.350 e. The van der Waals surface area contributed by atoms with Gasteiger partial charge < -0.3 is 5.32 Å². The Morgan fingerprint density at radius 3 is 2.88 bits per heavy atom. The Hall–Kier alpha value is -1.42. The van der Waals surface area contributed by atoms with E-state index in [-0.39, 0.29) is 11.9 Å². The van der Waals surface area contributed by atoms with Crippen molar-refractivity contribution in [2.45, 2.75) is 32.7 Å². The second-order valence-electron chi connectivity index (χ2n) is 4.30. The summed E-state index contributed by atoms with van der Waals surface area (Å²) in [5, 5.41) is 3.59. The molecule has 0 bridgehead atoms. The van der Waals surface area contributed by atoms with Crippen LogP contribution in [0.15, 0.2) is 24.3 Å². The van der Waals surface area contributed by atoms with E-state index in [2.05, 4.69) is 12.2 Å². The van der Waals surface area contributed by atoms with Crippen LogP contribution in [0, 0.1) is 6.92 Å². The lowest BCUT2D eigenvalue weighted by Crippen LogP contribution is -2.31. The molecule has 1 aliphatic heterocycles. The summed E-state index contributed by atoms with van der Waals surface area (Å²) in [5.41, 5.74) is 1.98. The van der Waals surface area contributed by atoms with Gasteiger partial charge in [0, 0.05) is 0 Å². The second-order valence-corrected chi connectivity index (χ2v) is 4.69. The van der Waals surface area contributed by atoms with Crippen molar-refractivity contribution in [3.8, 4) is 0 Å². The summed E-state index contributed by atoms with van der Waals surface area (Å²) in [7, 11) is 0. The lowest BCUT2D eigenvalue weighted by atomic mass is 10.1. The number of nitrogens with zero attached hydrogens (tertiary/aromatic N) is 1. The van der Waals surface area contributed by atoms with Gasteiger partial charge in [-0.05, 0) is 43.3 Å². The lowest BCUT2D eigenvalue weighted by molar-refractivity contribution is -0.118. The van der Waals surface area contributed by atoms with E-state index < -0.39 is 0 Å². The number of benzene rings is 1. The van der Waals surface area contributed by atoms with E-state index in [1.807, 2.05) is 31.2 Å². The fraction of sp³-hybridized carbons (Fsp3) is 0.385. The van der Waals surface area contributed by atoms with E-state index in [9.17, 15) is 4.79 Å². The summed E-state index contributed by atoms with van der Waals surface area (Å²) in [6, 6.07) is 7.67. The van der Waals surface area contributed by atoms with Crippen molar-refractivity contribution in [2.75, 3.05) is 4.90 Å². The van der Waals surface area contributed by atoms with Crippen molar-refractivity contribution < 1.29 is 4.79 Å². The highest BCUT2D eigenvalue weighted by atomic mass is 32.1. The number of thiocarbonyl (C=S) groups is 1. The van der Waals surface area contributed by atoms with Crippen molar-refractivity contribution >= 4 is 28.9 Å². The van der Waals surface area contributed by atoms with Crippen LogP contribution in [0.4, 0.5) is 5.69 Å². The Kier molecular flexibility index (Phi) is 3.43. The molecule has 1 aliphatic rings. The summed E-state index contributed by atoms with van der Waals surface area (Å²) in [6.45, 7) is 4.07. The molecular weight excluding hydrogens is 232 g/mol. The van der Waals surface area contributed by atoms with Crippen LogP contribution in [0.3, 0.4) is 0 Å². The van der Waals surface area contributed by atoms with Gasteiger partial charge in [-0.1, -0.05) is 25.5 Å². The zero-order valence-electron chi connectivity index (χ0n) is 10.1. The summed E-state index contributed by atoms with van der Waals surface area (Å²) in [5.74, 6) is 0.0578. The van der Waals surface area contributed by atoms with Gasteiger partial charge in [0.15, 0.2) is 5.11 Å². The number of hydrogen-bond acceptors (Lipinski definition) is 2. The molecule has 3 nitrogen and oxygen atoms in total. The van der Waals surface area contributed by atoms with E-state index in [4.69, 9.17) is 12.2 Å². The molecular formula is C13H16N2OS. The molecule has 1 aromatic rings. The van der Waals surface area contributed by atoms with Gasteiger partial charge >= 0.3 is 0 Å². The zero-order valence-corrected chi connectivity index (χ0v) is 10.9. The van der Waals surface area contributed by atoms with Crippen molar-refractivity contribution in [2.24, 2.45) is 0 Å². The first-order valence-electron chi connectivity index (χ1n) is 5.84. The van der Waals surface area contributed by atoms with Crippen LogP contribution in [0.25, 0.3) is 0 Å². The van der Waals surface area contributed by atoms with E-state index in [1.54, 1.807) is 4.90 Å². The number of carbonyl (C=O) groups is 1. The molecule has 2 rings (SSSR count). The van der Waals surface area contributed by atoms with Crippen molar-refractivity contribution in [3.05, 3.63) is 29.8 Å². The Bertz CT molecular complexity index is 458. The molecule has 1 unspecified atom stereocenters. The quantitative estimate of drug-likeness (QED) is 0.834. The van der Waals surface area contributed by atoms with Gasteiger partial charge in [-0.15, -0.1) is 0 Å². The minimum atomic E-state index is -0.159. The van der Waals surface area contributed by atoms with Crippen LogP contribution in [0.5, 0.6) is 0 Å². The number of rotatable bonds is 3. The van der Waals surface area contributed by atoms with Gasteiger partial charge in [0.1, 0.15) is 6.04 Å². The maximum absolute atomic E-state index is 12.2. The first-order chi connectivity index (χ1) is 8.13. The lowest BCUT2D eigenvalue weighted by Gasteiger charge is -2.15. The summed E-state index contributed by atoms with van der Waals surface area (Å²) < 4.78 is 0. The molecule has 0 aromatic heterocycles. The maximum Gasteiger partial charge on any atom is 0.255 e. The third-order valence-electron chi connectivity index (χ3n) is 2.86. The van der Waals surface area contributed by atoms with E-state index >= 15 is 0 Å². The van der Waals surface area contributed by atoms with Gasteiger partial charge in [0.05, 0.1) is 5.69 Å². The number of carbonyl (C=O) groups excluding carboxylic acids is 1. The van der Waals surface area contributed by atoms with Crippen LogP contribution in [-0.2, 0) is 4.79 Å². The van der Waals surface area contributed by atoms with Crippen LogP contribution in [0.1, 0.15) is 25.3 Å². The third kappa shape index (κ3) is 2.31. The van der Waals surface area contributed by atoms with E-state index in [0.29, 0.717) is 5.11 Å². The molecule has 90 valence electrons. The number of hydrogen-bond donors (Lipinski definition) is 1. The third-order valence-corrected chi connectivity index (χ3v) is 3.16. The molecule has 4 heteroatoms. The fourth-order valence-corrected chi connectivity index (χ4v) is 2.36. The normalized spacial score (nSPS) is 19.6. The van der Waals surface area contributed by atoms with Crippen LogP contribution >= 0.6 is 12.2 Å². The molecule has 1 saturated heterocycles. The molecule has 1 amide bonds. The molecule has 0 spiro atoms. The first-order valence-corrected chi connectivity index (χ1v) is 6.25. The monoisotopic (exact) mass is 248 g/mol. The van der Waals surface area contributed by atoms with Gasteiger partial charge in [-0.25, -0.2) is 0 Å². The topological polar surface area (TPSA) is 32.3 Å². The molecule has 0 saturated carbocycles. The summed E-state index contributed by atoms with van der Waals surface area (Å²) in [4.78, 5) is 13.8. The fourth-order valence-electron chi connectivity index (χ4n) is 2.03. The zero-order chi connectivity index (χ0) is 12.4. The smallest absolute Gasteiger partial charge is 0.255 e.